The van der Waals surface area contributed by atoms with Crippen molar-refractivity contribution >= 4 is 24.0 Å². The highest BCUT2D eigenvalue weighted by molar-refractivity contribution is 5.99. The molecule has 0 aliphatic carbocycles. The standard InChI is InChI=1S/C18H22N2O6/c1-4-25-15-11-13(5-7-14(15)24-3)6-8-16(21)26-12(2)17(22)20-10-9-19-18(20)23/h5-8,11-12H,4,9-10H2,1-3H3,(H,19,23)/b8-6+/t12-/m1/s1. The molecule has 140 valence electrons. The number of benzene rings is 1. The van der Waals surface area contributed by atoms with E-state index < -0.39 is 24.0 Å². The summed E-state index contributed by atoms with van der Waals surface area (Å²) in [6.07, 6.45) is 1.71. The highest BCUT2D eigenvalue weighted by Crippen LogP contribution is 2.28. The fraction of sp³-hybridized carbons (Fsp3) is 0.389. The quantitative estimate of drug-likeness (QED) is 0.585. The number of amides is 3. The fourth-order valence-corrected chi connectivity index (χ4v) is 2.39. The summed E-state index contributed by atoms with van der Waals surface area (Å²) in [5.41, 5.74) is 0.712. The number of nitrogens with zero attached hydrogens (tertiary/aromatic N) is 1. The third-order valence-corrected chi connectivity index (χ3v) is 3.66. The molecule has 1 fully saturated rings. The first kappa shape index (κ1) is 19.3. The maximum atomic E-state index is 12.1. The number of rotatable bonds is 7. The first-order valence-electron chi connectivity index (χ1n) is 8.25. The Balaban J connectivity index is 1.97. The molecule has 0 spiro atoms. The lowest BCUT2D eigenvalue weighted by atomic mass is 10.2. The number of esters is 1. The summed E-state index contributed by atoms with van der Waals surface area (Å²) in [5.74, 6) is -0.0761. The molecule has 8 heteroatoms. The molecule has 1 aliphatic heterocycles. The van der Waals surface area contributed by atoms with Gasteiger partial charge >= 0.3 is 12.0 Å². The van der Waals surface area contributed by atoms with Crippen molar-refractivity contribution in [3.05, 3.63) is 29.8 Å². The maximum Gasteiger partial charge on any atom is 0.331 e. The van der Waals surface area contributed by atoms with Gasteiger partial charge in [0.05, 0.1) is 13.7 Å². The lowest BCUT2D eigenvalue weighted by molar-refractivity contribution is -0.153. The van der Waals surface area contributed by atoms with Crippen molar-refractivity contribution in [3.8, 4) is 11.5 Å². The van der Waals surface area contributed by atoms with Gasteiger partial charge in [0.2, 0.25) is 0 Å². The second-order valence-corrected chi connectivity index (χ2v) is 5.48. The zero-order valence-electron chi connectivity index (χ0n) is 15.0. The molecule has 0 unspecified atom stereocenters. The molecule has 1 heterocycles. The molecule has 1 aromatic carbocycles. The summed E-state index contributed by atoms with van der Waals surface area (Å²) < 4.78 is 15.7. The molecule has 0 radical (unpaired) electrons. The molecule has 26 heavy (non-hydrogen) atoms. The van der Waals surface area contributed by atoms with Gasteiger partial charge in [-0.25, -0.2) is 9.59 Å². The van der Waals surface area contributed by atoms with Crippen molar-refractivity contribution in [1.82, 2.24) is 10.2 Å². The first-order chi connectivity index (χ1) is 12.5. The van der Waals surface area contributed by atoms with E-state index in [1.807, 2.05) is 6.92 Å². The Labute approximate surface area is 151 Å². The molecule has 0 saturated carbocycles. The molecule has 1 N–H and O–H groups in total. The topological polar surface area (TPSA) is 94.2 Å². The van der Waals surface area contributed by atoms with Gasteiger partial charge in [-0.3, -0.25) is 9.69 Å². The molecular formula is C18H22N2O6. The predicted octanol–water partition coefficient (Wildman–Crippen LogP) is 1.59. The zero-order chi connectivity index (χ0) is 19.1. The van der Waals surface area contributed by atoms with Gasteiger partial charge in [0.15, 0.2) is 17.6 Å². The second-order valence-electron chi connectivity index (χ2n) is 5.48. The molecule has 0 aromatic heterocycles. The molecule has 0 bridgehead atoms. The minimum Gasteiger partial charge on any atom is -0.493 e. The largest absolute Gasteiger partial charge is 0.493 e. The van der Waals surface area contributed by atoms with E-state index in [1.165, 1.54) is 13.0 Å². The highest BCUT2D eigenvalue weighted by Gasteiger charge is 2.31. The van der Waals surface area contributed by atoms with Crippen LogP contribution < -0.4 is 14.8 Å². The van der Waals surface area contributed by atoms with Crippen LogP contribution in [0.25, 0.3) is 6.08 Å². The lowest BCUT2D eigenvalue weighted by Gasteiger charge is -2.17. The lowest BCUT2D eigenvalue weighted by Crippen LogP contribution is -2.41. The summed E-state index contributed by atoms with van der Waals surface area (Å²) in [4.78, 5) is 36.5. The van der Waals surface area contributed by atoms with Crippen molar-refractivity contribution in [3.63, 3.8) is 0 Å². The minimum absolute atomic E-state index is 0.265. The number of hydrogen-bond donors (Lipinski definition) is 1. The fourth-order valence-electron chi connectivity index (χ4n) is 2.39. The first-order valence-corrected chi connectivity index (χ1v) is 8.25. The van der Waals surface area contributed by atoms with Gasteiger partial charge in [-0.05, 0) is 37.6 Å². The normalized spacial score (nSPS) is 14.9. The van der Waals surface area contributed by atoms with Gasteiger partial charge in [0, 0.05) is 19.2 Å². The van der Waals surface area contributed by atoms with Crippen LogP contribution in [0.5, 0.6) is 11.5 Å². The average molecular weight is 362 g/mol. The van der Waals surface area contributed by atoms with Crippen molar-refractivity contribution < 1.29 is 28.6 Å². The Kier molecular flexibility index (Phi) is 6.60. The monoisotopic (exact) mass is 362 g/mol. The molecule has 3 amide bonds. The summed E-state index contributed by atoms with van der Waals surface area (Å²) in [7, 11) is 1.55. The molecular weight excluding hydrogens is 340 g/mol. The zero-order valence-corrected chi connectivity index (χ0v) is 15.0. The number of imide groups is 1. The Morgan fingerprint density at radius 1 is 1.35 bits per heavy atom. The number of methoxy groups -OCH3 is 1. The van der Waals surface area contributed by atoms with Crippen molar-refractivity contribution in [1.29, 1.82) is 0 Å². The van der Waals surface area contributed by atoms with Gasteiger partial charge in [0.1, 0.15) is 0 Å². The van der Waals surface area contributed by atoms with Crippen LogP contribution in [0.15, 0.2) is 24.3 Å². The highest BCUT2D eigenvalue weighted by atomic mass is 16.5. The number of urea groups is 1. The summed E-state index contributed by atoms with van der Waals surface area (Å²) in [6.45, 7) is 4.43. The third kappa shape index (κ3) is 4.75. The van der Waals surface area contributed by atoms with Crippen LogP contribution in [0.3, 0.4) is 0 Å². The minimum atomic E-state index is -1.05. The second kappa shape index (κ2) is 8.89. The molecule has 1 saturated heterocycles. The van der Waals surface area contributed by atoms with Crippen molar-refractivity contribution in [2.75, 3.05) is 26.8 Å². The van der Waals surface area contributed by atoms with Crippen LogP contribution in [-0.4, -0.2) is 55.7 Å². The number of ether oxygens (including phenoxy) is 3. The van der Waals surface area contributed by atoms with E-state index in [-0.39, 0.29) is 6.54 Å². The Bertz CT molecular complexity index is 716. The van der Waals surface area contributed by atoms with E-state index in [0.29, 0.717) is 30.2 Å². The van der Waals surface area contributed by atoms with Gasteiger partial charge in [0.25, 0.3) is 5.91 Å². The third-order valence-electron chi connectivity index (χ3n) is 3.66. The van der Waals surface area contributed by atoms with Gasteiger partial charge in [-0.15, -0.1) is 0 Å². The average Bonchev–Trinajstić information content (AvgIpc) is 3.05. The molecule has 1 aromatic rings. The van der Waals surface area contributed by atoms with Crippen molar-refractivity contribution in [2.45, 2.75) is 20.0 Å². The number of carbonyl (C=O) groups excluding carboxylic acids is 3. The Hall–Kier alpha value is -3.03. The van der Waals surface area contributed by atoms with Crippen LogP contribution in [0.4, 0.5) is 4.79 Å². The Morgan fingerprint density at radius 2 is 2.12 bits per heavy atom. The van der Waals surface area contributed by atoms with E-state index in [0.717, 1.165) is 4.90 Å². The van der Waals surface area contributed by atoms with Crippen LogP contribution in [0.1, 0.15) is 19.4 Å². The number of carbonyl (C=O) groups is 3. The molecule has 8 nitrogen and oxygen atoms in total. The van der Waals surface area contributed by atoms with Crippen LogP contribution in [0.2, 0.25) is 0 Å². The predicted molar refractivity (Wildman–Crippen MR) is 93.9 cm³/mol. The smallest absolute Gasteiger partial charge is 0.331 e. The van der Waals surface area contributed by atoms with Gasteiger partial charge in [-0.1, -0.05) is 6.07 Å². The molecule has 2 rings (SSSR count). The number of nitrogens with one attached hydrogen (secondary N) is 1. The molecule has 1 aliphatic rings. The van der Waals surface area contributed by atoms with E-state index in [9.17, 15) is 14.4 Å². The van der Waals surface area contributed by atoms with Gasteiger partial charge < -0.3 is 19.5 Å². The van der Waals surface area contributed by atoms with E-state index >= 15 is 0 Å². The van der Waals surface area contributed by atoms with Crippen LogP contribution in [0, 0.1) is 0 Å². The molecule has 1 atom stereocenters. The van der Waals surface area contributed by atoms with E-state index in [4.69, 9.17) is 14.2 Å². The van der Waals surface area contributed by atoms with E-state index in [2.05, 4.69) is 5.32 Å². The Morgan fingerprint density at radius 3 is 2.73 bits per heavy atom. The summed E-state index contributed by atoms with van der Waals surface area (Å²) in [5, 5.41) is 2.52. The summed E-state index contributed by atoms with van der Waals surface area (Å²) >= 11 is 0. The van der Waals surface area contributed by atoms with Crippen LogP contribution in [-0.2, 0) is 14.3 Å². The van der Waals surface area contributed by atoms with Crippen molar-refractivity contribution in [2.24, 2.45) is 0 Å². The summed E-state index contributed by atoms with van der Waals surface area (Å²) in [6, 6.07) is 4.74. The number of hydrogen-bond acceptors (Lipinski definition) is 6. The van der Waals surface area contributed by atoms with E-state index in [1.54, 1.807) is 31.4 Å². The van der Waals surface area contributed by atoms with Crippen LogP contribution >= 0.6 is 0 Å². The maximum absolute atomic E-state index is 12.1. The van der Waals surface area contributed by atoms with Gasteiger partial charge in [-0.2, -0.15) is 0 Å². The SMILES string of the molecule is CCOc1cc(/C=C/C(=O)O[C@H](C)C(=O)N2CCNC2=O)ccc1OC.